The summed E-state index contributed by atoms with van der Waals surface area (Å²) in [7, 11) is 0. The maximum atomic E-state index is 5.21. The molecule has 9 heavy (non-hydrogen) atoms. The SMILES string of the molecule is CSCCOCOCCl. The summed E-state index contributed by atoms with van der Waals surface area (Å²) < 4.78 is 9.70. The maximum Gasteiger partial charge on any atom is 0.148 e. The number of rotatable bonds is 6. The lowest BCUT2D eigenvalue weighted by molar-refractivity contribution is -0.0315. The number of alkyl halides is 1. The molecule has 0 atom stereocenters. The van der Waals surface area contributed by atoms with Gasteiger partial charge in [0.2, 0.25) is 0 Å². The molecule has 56 valence electrons. The van der Waals surface area contributed by atoms with E-state index in [0.29, 0.717) is 6.79 Å². The van der Waals surface area contributed by atoms with Crippen LogP contribution in [0.3, 0.4) is 0 Å². The van der Waals surface area contributed by atoms with Gasteiger partial charge < -0.3 is 9.47 Å². The van der Waals surface area contributed by atoms with Crippen molar-refractivity contribution in [1.29, 1.82) is 0 Å². The Balaban J connectivity index is 2.60. The lowest BCUT2D eigenvalue weighted by Crippen LogP contribution is -2.01. The van der Waals surface area contributed by atoms with E-state index in [1.54, 1.807) is 11.8 Å². The molecule has 0 aromatic rings. The van der Waals surface area contributed by atoms with E-state index in [2.05, 4.69) is 0 Å². The molecule has 0 saturated heterocycles. The summed E-state index contributed by atoms with van der Waals surface area (Å²) in [6.45, 7) is 1.04. The Labute approximate surface area is 64.9 Å². The zero-order valence-corrected chi connectivity index (χ0v) is 7.00. The van der Waals surface area contributed by atoms with Crippen molar-refractivity contribution in [3.05, 3.63) is 0 Å². The van der Waals surface area contributed by atoms with Crippen molar-refractivity contribution in [3.8, 4) is 0 Å². The summed E-state index contributed by atoms with van der Waals surface area (Å²) in [6.07, 6.45) is 2.03. The predicted octanol–water partition coefficient (Wildman–Crippen LogP) is 1.54. The fourth-order valence-electron chi connectivity index (χ4n) is 0.292. The predicted molar refractivity (Wildman–Crippen MR) is 41.0 cm³/mol. The average Bonchev–Trinajstić information content (AvgIpc) is 1.89. The summed E-state index contributed by atoms with van der Waals surface area (Å²) in [4.78, 5) is 0. The standard InChI is InChI=1S/C5H11ClO2S/c1-9-3-2-7-5-8-4-6/h2-5H2,1H3. The number of hydrogen-bond acceptors (Lipinski definition) is 3. The van der Waals surface area contributed by atoms with Gasteiger partial charge in [-0.2, -0.15) is 11.8 Å². The molecule has 0 unspecified atom stereocenters. The number of hydrogen-bond donors (Lipinski definition) is 0. The molecule has 0 aromatic carbocycles. The van der Waals surface area contributed by atoms with Crippen LogP contribution in [-0.2, 0) is 9.47 Å². The fourth-order valence-corrected chi connectivity index (χ4v) is 0.639. The normalized spacial score (nSPS) is 10.0. The van der Waals surface area contributed by atoms with Crippen molar-refractivity contribution in [2.75, 3.05) is 31.5 Å². The molecule has 0 fully saturated rings. The van der Waals surface area contributed by atoms with E-state index in [-0.39, 0.29) is 6.07 Å². The molecule has 0 aliphatic rings. The first-order chi connectivity index (χ1) is 4.41. The smallest absolute Gasteiger partial charge is 0.148 e. The molecule has 0 aliphatic heterocycles. The minimum atomic E-state index is 0.208. The Hall–Kier alpha value is 0.560. The molecule has 0 bridgehead atoms. The van der Waals surface area contributed by atoms with Crippen LogP contribution in [0.15, 0.2) is 0 Å². The van der Waals surface area contributed by atoms with E-state index in [0.717, 1.165) is 12.4 Å². The quantitative estimate of drug-likeness (QED) is 0.342. The van der Waals surface area contributed by atoms with E-state index < -0.39 is 0 Å². The summed E-state index contributed by atoms with van der Waals surface area (Å²) >= 11 is 6.95. The lowest BCUT2D eigenvalue weighted by Gasteiger charge is -2.00. The van der Waals surface area contributed by atoms with Gasteiger partial charge in [0.15, 0.2) is 0 Å². The van der Waals surface area contributed by atoms with E-state index >= 15 is 0 Å². The Morgan fingerprint density at radius 2 is 2.22 bits per heavy atom. The van der Waals surface area contributed by atoms with Crippen molar-refractivity contribution in [2.45, 2.75) is 0 Å². The highest BCUT2D eigenvalue weighted by atomic mass is 35.5. The molecule has 0 spiro atoms. The van der Waals surface area contributed by atoms with Gasteiger partial charge in [-0.3, -0.25) is 0 Å². The molecular formula is C5H11ClO2S. The molecule has 0 aromatic heterocycles. The third-order valence-electron chi connectivity index (χ3n) is 0.676. The summed E-state index contributed by atoms with van der Waals surface area (Å²) in [5.41, 5.74) is 0. The third kappa shape index (κ3) is 8.56. The summed E-state index contributed by atoms with van der Waals surface area (Å²) in [6, 6.07) is 0.208. The van der Waals surface area contributed by atoms with Crippen LogP contribution in [0, 0.1) is 0 Å². The first kappa shape index (κ1) is 9.56. The zero-order chi connectivity index (χ0) is 6.95. The maximum absolute atomic E-state index is 5.21. The Bertz CT molecular complexity index is 48.2. The Kier molecular flexibility index (Phi) is 9.09. The van der Waals surface area contributed by atoms with Crippen LogP contribution in [0.4, 0.5) is 0 Å². The lowest BCUT2D eigenvalue weighted by atomic mass is 10.9. The van der Waals surface area contributed by atoms with Gasteiger partial charge in [0.1, 0.15) is 12.9 Å². The van der Waals surface area contributed by atoms with Gasteiger partial charge in [0, 0.05) is 5.75 Å². The molecule has 0 amide bonds. The average molecular weight is 171 g/mol. The summed E-state index contributed by atoms with van der Waals surface area (Å²) in [5, 5.41) is 0. The number of ether oxygens (including phenoxy) is 2. The second-order valence-corrected chi connectivity index (χ2v) is 2.54. The highest BCUT2D eigenvalue weighted by Gasteiger charge is 1.84. The first-order valence-electron chi connectivity index (χ1n) is 2.62. The van der Waals surface area contributed by atoms with Gasteiger partial charge in [-0.15, -0.1) is 0 Å². The van der Waals surface area contributed by atoms with E-state index in [1.807, 2.05) is 6.26 Å². The second kappa shape index (κ2) is 8.56. The van der Waals surface area contributed by atoms with Crippen LogP contribution in [0.25, 0.3) is 0 Å². The monoisotopic (exact) mass is 170 g/mol. The van der Waals surface area contributed by atoms with Crippen molar-refractivity contribution in [1.82, 2.24) is 0 Å². The molecule has 0 radical (unpaired) electrons. The molecular weight excluding hydrogens is 160 g/mol. The van der Waals surface area contributed by atoms with Crippen LogP contribution in [0.5, 0.6) is 0 Å². The van der Waals surface area contributed by atoms with Gasteiger partial charge >= 0.3 is 0 Å². The van der Waals surface area contributed by atoms with Crippen LogP contribution >= 0.6 is 23.4 Å². The van der Waals surface area contributed by atoms with Crippen LogP contribution in [-0.4, -0.2) is 31.5 Å². The first-order valence-corrected chi connectivity index (χ1v) is 4.55. The molecule has 0 heterocycles. The largest absolute Gasteiger partial charge is 0.355 e. The van der Waals surface area contributed by atoms with Gasteiger partial charge in [0.25, 0.3) is 0 Å². The van der Waals surface area contributed by atoms with Gasteiger partial charge in [-0.25, -0.2) is 0 Å². The van der Waals surface area contributed by atoms with Crippen LogP contribution in [0.1, 0.15) is 0 Å². The molecule has 0 N–H and O–H groups in total. The molecule has 0 rings (SSSR count). The second-order valence-electron chi connectivity index (χ2n) is 1.33. The molecule has 4 heteroatoms. The highest BCUT2D eigenvalue weighted by Crippen LogP contribution is 1.90. The van der Waals surface area contributed by atoms with Gasteiger partial charge in [-0.05, 0) is 6.26 Å². The Morgan fingerprint density at radius 1 is 1.44 bits per heavy atom. The van der Waals surface area contributed by atoms with Crippen molar-refractivity contribution in [2.24, 2.45) is 0 Å². The number of halogens is 1. The molecule has 0 saturated carbocycles. The van der Waals surface area contributed by atoms with Crippen molar-refractivity contribution < 1.29 is 9.47 Å². The van der Waals surface area contributed by atoms with Gasteiger partial charge in [-0.1, -0.05) is 11.6 Å². The fraction of sp³-hybridized carbons (Fsp3) is 1.00. The number of thioether (sulfide) groups is 1. The van der Waals surface area contributed by atoms with E-state index in [9.17, 15) is 0 Å². The third-order valence-corrected chi connectivity index (χ3v) is 1.40. The van der Waals surface area contributed by atoms with E-state index in [4.69, 9.17) is 21.1 Å². The molecule has 2 nitrogen and oxygen atoms in total. The zero-order valence-electron chi connectivity index (χ0n) is 5.43. The van der Waals surface area contributed by atoms with Crippen molar-refractivity contribution in [3.63, 3.8) is 0 Å². The minimum absolute atomic E-state index is 0.208. The Morgan fingerprint density at radius 3 is 2.78 bits per heavy atom. The van der Waals surface area contributed by atoms with Crippen molar-refractivity contribution >= 4 is 23.4 Å². The van der Waals surface area contributed by atoms with Crippen LogP contribution < -0.4 is 0 Å². The topological polar surface area (TPSA) is 18.5 Å². The van der Waals surface area contributed by atoms with Gasteiger partial charge in [0.05, 0.1) is 6.61 Å². The summed E-state index contributed by atoms with van der Waals surface area (Å²) in [5.74, 6) is 1.01. The minimum Gasteiger partial charge on any atom is -0.355 e. The molecule has 0 aliphatic carbocycles. The highest BCUT2D eigenvalue weighted by molar-refractivity contribution is 7.98. The van der Waals surface area contributed by atoms with Crippen LogP contribution in [0.2, 0.25) is 0 Å². The van der Waals surface area contributed by atoms with E-state index in [1.165, 1.54) is 0 Å².